The molecule has 0 bridgehead atoms. The first-order chi connectivity index (χ1) is 9.66. The van der Waals surface area contributed by atoms with E-state index in [0.29, 0.717) is 5.69 Å². The molecule has 21 heavy (non-hydrogen) atoms. The van der Waals surface area contributed by atoms with Gasteiger partial charge in [-0.05, 0) is 13.0 Å². The average Bonchev–Trinajstić information content (AvgIpc) is 2.36. The number of hydrogen-bond donors (Lipinski definition) is 2. The highest BCUT2D eigenvalue weighted by Crippen LogP contribution is 2.24. The third kappa shape index (κ3) is 2.46. The van der Waals surface area contributed by atoms with Crippen LogP contribution in [0.2, 0.25) is 0 Å². The lowest BCUT2D eigenvalue weighted by Gasteiger charge is -2.19. The number of aryl methyl sites for hydroxylation is 1. The van der Waals surface area contributed by atoms with E-state index in [0.717, 1.165) is 0 Å². The molecule has 0 aromatic carbocycles. The first kappa shape index (κ1) is 15.0. The topological polar surface area (TPSA) is 105 Å². The molecule has 0 spiro atoms. The molecular weight excluding hydrogens is 274 g/mol. The van der Waals surface area contributed by atoms with Crippen LogP contribution in [0.1, 0.15) is 43.7 Å². The zero-order chi connectivity index (χ0) is 15.9. The highest BCUT2D eigenvalue weighted by atomic mass is 16.4. The number of nitrogens with zero attached hydrogens (tertiary/aromatic N) is 2. The Balaban J connectivity index is 3.10. The highest BCUT2D eigenvalue weighted by Gasteiger charge is 2.23. The summed E-state index contributed by atoms with van der Waals surface area (Å²) in [4.78, 5) is 41.8. The van der Waals surface area contributed by atoms with Crippen molar-refractivity contribution < 1.29 is 9.90 Å². The van der Waals surface area contributed by atoms with E-state index in [-0.39, 0.29) is 23.1 Å². The Hall–Kier alpha value is -2.44. The number of aromatic nitrogens is 3. The SMILES string of the molecule is CCn1c(=O)[nH]c(=O)c2c(C(=O)O)cc(C(C)(C)C)nc21. The van der Waals surface area contributed by atoms with Crippen LogP contribution in [0.25, 0.3) is 11.0 Å². The Morgan fingerprint density at radius 1 is 1.38 bits per heavy atom. The molecule has 2 aromatic rings. The molecule has 0 amide bonds. The number of H-pyrrole nitrogens is 1. The van der Waals surface area contributed by atoms with Crippen LogP contribution in [-0.4, -0.2) is 25.6 Å². The van der Waals surface area contributed by atoms with E-state index in [1.165, 1.54) is 10.6 Å². The van der Waals surface area contributed by atoms with E-state index in [1.807, 2.05) is 20.8 Å². The minimum atomic E-state index is -1.22. The van der Waals surface area contributed by atoms with Crippen molar-refractivity contribution >= 4 is 17.0 Å². The minimum absolute atomic E-state index is 0.0723. The van der Waals surface area contributed by atoms with Crippen molar-refractivity contribution in [2.75, 3.05) is 0 Å². The van der Waals surface area contributed by atoms with Crippen molar-refractivity contribution in [3.63, 3.8) is 0 Å². The molecule has 2 aromatic heterocycles. The summed E-state index contributed by atoms with van der Waals surface area (Å²) in [5.41, 5.74) is -1.26. The average molecular weight is 291 g/mol. The Labute approximate surface area is 120 Å². The van der Waals surface area contributed by atoms with Crippen molar-refractivity contribution in [3.05, 3.63) is 38.2 Å². The molecule has 0 radical (unpaired) electrons. The molecular formula is C14H17N3O4. The van der Waals surface area contributed by atoms with Gasteiger partial charge in [0.25, 0.3) is 5.56 Å². The fourth-order valence-electron chi connectivity index (χ4n) is 2.12. The molecule has 0 saturated carbocycles. The van der Waals surface area contributed by atoms with Crippen molar-refractivity contribution in [1.29, 1.82) is 0 Å². The summed E-state index contributed by atoms with van der Waals surface area (Å²) in [6.45, 7) is 7.66. The number of carboxylic acid groups (broad SMARTS) is 1. The lowest BCUT2D eigenvalue weighted by atomic mass is 9.90. The largest absolute Gasteiger partial charge is 0.478 e. The van der Waals surface area contributed by atoms with Crippen LogP contribution in [0.4, 0.5) is 0 Å². The molecule has 2 N–H and O–H groups in total. The monoisotopic (exact) mass is 291 g/mol. The summed E-state index contributed by atoms with van der Waals surface area (Å²) in [7, 11) is 0. The van der Waals surface area contributed by atoms with Crippen LogP contribution in [0.5, 0.6) is 0 Å². The molecule has 0 unspecified atom stereocenters. The normalized spacial score (nSPS) is 11.8. The standard InChI is InChI=1S/C14H17N3O4/c1-5-17-10-9(11(18)16-13(17)21)7(12(19)20)6-8(15-10)14(2,3)4/h6H,5H2,1-4H3,(H,19,20)(H,16,18,21). The van der Waals surface area contributed by atoms with Crippen molar-refractivity contribution in [2.45, 2.75) is 39.7 Å². The third-order valence-electron chi connectivity index (χ3n) is 3.26. The summed E-state index contributed by atoms with van der Waals surface area (Å²) < 4.78 is 1.26. The number of carbonyl (C=O) groups is 1. The predicted octanol–water partition coefficient (Wildman–Crippen LogP) is 1.10. The lowest BCUT2D eigenvalue weighted by molar-refractivity contribution is 0.0698. The summed E-state index contributed by atoms with van der Waals surface area (Å²) in [5, 5.41) is 9.29. The zero-order valence-corrected chi connectivity index (χ0v) is 12.4. The van der Waals surface area contributed by atoms with Crippen molar-refractivity contribution in [1.82, 2.24) is 14.5 Å². The van der Waals surface area contributed by atoms with Gasteiger partial charge in [-0.15, -0.1) is 0 Å². The first-order valence-electron chi connectivity index (χ1n) is 6.58. The fourth-order valence-corrected chi connectivity index (χ4v) is 2.12. The molecule has 0 aliphatic heterocycles. The van der Waals surface area contributed by atoms with Gasteiger partial charge >= 0.3 is 11.7 Å². The van der Waals surface area contributed by atoms with Crippen LogP contribution in [0.15, 0.2) is 15.7 Å². The Kier molecular flexibility index (Phi) is 3.44. The van der Waals surface area contributed by atoms with E-state index < -0.39 is 22.6 Å². The quantitative estimate of drug-likeness (QED) is 0.862. The first-order valence-corrected chi connectivity index (χ1v) is 6.58. The van der Waals surface area contributed by atoms with Gasteiger partial charge in [0.05, 0.1) is 10.9 Å². The van der Waals surface area contributed by atoms with Gasteiger partial charge in [0.15, 0.2) is 5.65 Å². The number of carboxylic acids is 1. The van der Waals surface area contributed by atoms with Gasteiger partial charge in [-0.1, -0.05) is 20.8 Å². The Bertz CT molecular complexity index is 840. The van der Waals surface area contributed by atoms with Crippen LogP contribution < -0.4 is 11.2 Å². The van der Waals surface area contributed by atoms with Gasteiger partial charge in [-0.3, -0.25) is 14.3 Å². The Morgan fingerprint density at radius 2 is 2.00 bits per heavy atom. The van der Waals surface area contributed by atoms with E-state index in [9.17, 15) is 19.5 Å². The summed E-state index contributed by atoms with van der Waals surface area (Å²) in [6, 6.07) is 1.39. The number of fused-ring (bicyclic) bond motifs is 1. The number of aromatic amines is 1. The second-order valence-electron chi connectivity index (χ2n) is 5.81. The van der Waals surface area contributed by atoms with Gasteiger partial charge in [-0.25, -0.2) is 14.6 Å². The predicted molar refractivity (Wildman–Crippen MR) is 78.0 cm³/mol. The summed E-state index contributed by atoms with van der Waals surface area (Å²) >= 11 is 0. The van der Waals surface area contributed by atoms with Crippen LogP contribution in [-0.2, 0) is 12.0 Å². The lowest BCUT2D eigenvalue weighted by Crippen LogP contribution is -2.32. The number of rotatable bonds is 2. The molecule has 0 fully saturated rings. The molecule has 0 atom stereocenters. The fraction of sp³-hybridized carbons (Fsp3) is 0.429. The van der Waals surface area contributed by atoms with Crippen molar-refractivity contribution in [2.24, 2.45) is 0 Å². The van der Waals surface area contributed by atoms with Gasteiger partial charge in [0, 0.05) is 17.7 Å². The molecule has 0 saturated heterocycles. The van der Waals surface area contributed by atoms with Crippen molar-refractivity contribution in [3.8, 4) is 0 Å². The molecule has 0 aliphatic carbocycles. The van der Waals surface area contributed by atoms with Gasteiger partial charge < -0.3 is 5.11 Å². The molecule has 2 heterocycles. The number of hydrogen-bond acceptors (Lipinski definition) is 4. The van der Waals surface area contributed by atoms with E-state index in [2.05, 4.69) is 9.97 Å². The maximum Gasteiger partial charge on any atom is 0.336 e. The van der Waals surface area contributed by atoms with Crippen LogP contribution in [0.3, 0.4) is 0 Å². The second kappa shape index (κ2) is 4.83. The van der Waals surface area contributed by atoms with Crippen LogP contribution in [0, 0.1) is 0 Å². The Morgan fingerprint density at radius 3 is 2.48 bits per heavy atom. The van der Waals surface area contributed by atoms with Gasteiger partial charge in [0.1, 0.15) is 0 Å². The van der Waals surface area contributed by atoms with Gasteiger partial charge in [-0.2, -0.15) is 0 Å². The van der Waals surface area contributed by atoms with E-state index >= 15 is 0 Å². The van der Waals surface area contributed by atoms with E-state index in [1.54, 1.807) is 6.92 Å². The highest BCUT2D eigenvalue weighted by molar-refractivity contribution is 6.01. The third-order valence-corrected chi connectivity index (χ3v) is 3.26. The summed E-state index contributed by atoms with van der Waals surface area (Å²) in [6.07, 6.45) is 0. The van der Waals surface area contributed by atoms with E-state index in [4.69, 9.17) is 0 Å². The van der Waals surface area contributed by atoms with Crippen LogP contribution >= 0.6 is 0 Å². The smallest absolute Gasteiger partial charge is 0.336 e. The van der Waals surface area contributed by atoms with Gasteiger partial charge in [0.2, 0.25) is 0 Å². The maximum absolute atomic E-state index is 12.0. The number of pyridine rings is 1. The summed E-state index contributed by atoms with van der Waals surface area (Å²) in [5.74, 6) is -1.22. The minimum Gasteiger partial charge on any atom is -0.478 e. The molecule has 7 heteroatoms. The second-order valence-corrected chi connectivity index (χ2v) is 5.81. The molecule has 0 aliphatic rings. The zero-order valence-electron chi connectivity index (χ0n) is 12.4. The molecule has 7 nitrogen and oxygen atoms in total. The number of aromatic carboxylic acids is 1. The molecule has 112 valence electrons. The number of nitrogens with one attached hydrogen (secondary N) is 1. The maximum atomic E-state index is 12.0. The molecule has 2 rings (SSSR count).